The number of benzene rings is 2. The molecular weight excluding hydrogens is 408 g/mol. The van der Waals surface area contributed by atoms with Crippen LogP contribution in [0.3, 0.4) is 0 Å². The minimum atomic E-state index is -4.65. The largest absolute Gasteiger partial charge is 0.400 e. The first-order chi connectivity index (χ1) is 12.6. The van der Waals surface area contributed by atoms with Crippen molar-refractivity contribution in [1.29, 1.82) is 0 Å². The SMILES string of the molecule is Cc1cc(F)c(-n2cnc3ccc(Cl)cc3c2=O)cc1S(=O)CC(F)(F)F. The summed E-state index contributed by atoms with van der Waals surface area (Å²) in [5, 5.41) is 0.387. The highest BCUT2D eigenvalue weighted by molar-refractivity contribution is 7.85. The third-order valence-corrected chi connectivity index (χ3v) is 5.52. The molecule has 1 heterocycles. The number of aromatic nitrogens is 2. The molecule has 0 saturated carbocycles. The molecule has 0 amide bonds. The molecule has 0 spiro atoms. The lowest BCUT2D eigenvalue weighted by Crippen LogP contribution is -2.22. The summed E-state index contributed by atoms with van der Waals surface area (Å²) in [7, 11) is -2.44. The lowest BCUT2D eigenvalue weighted by Gasteiger charge is -2.13. The third kappa shape index (κ3) is 4.03. The number of aryl methyl sites for hydroxylation is 1. The van der Waals surface area contributed by atoms with Gasteiger partial charge in [0, 0.05) is 9.92 Å². The molecule has 3 rings (SSSR count). The van der Waals surface area contributed by atoms with Gasteiger partial charge in [0.1, 0.15) is 17.9 Å². The first-order valence-electron chi connectivity index (χ1n) is 7.49. The Hall–Kier alpha value is -2.26. The zero-order chi connectivity index (χ0) is 19.9. The number of alkyl halides is 3. The van der Waals surface area contributed by atoms with E-state index in [0.29, 0.717) is 5.52 Å². The Morgan fingerprint density at radius 3 is 2.59 bits per heavy atom. The van der Waals surface area contributed by atoms with Crippen LogP contribution >= 0.6 is 11.6 Å². The van der Waals surface area contributed by atoms with E-state index in [0.717, 1.165) is 23.0 Å². The van der Waals surface area contributed by atoms with Gasteiger partial charge in [-0.25, -0.2) is 9.37 Å². The average molecular weight is 419 g/mol. The molecule has 10 heteroatoms. The third-order valence-electron chi connectivity index (χ3n) is 3.76. The van der Waals surface area contributed by atoms with Crippen LogP contribution in [-0.4, -0.2) is 25.7 Å². The molecule has 142 valence electrons. The van der Waals surface area contributed by atoms with Crippen LogP contribution in [0, 0.1) is 12.7 Å². The van der Waals surface area contributed by atoms with Crippen molar-refractivity contribution in [2.24, 2.45) is 0 Å². The van der Waals surface area contributed by atoms with Crippen molar-refractivity contribution < 1.29 is 21.8 Å². The lowest BCUT2D eigenvalue weighted by molar-refractivity contribution is -0.105. The summed E-state index contributed by atoms with van der Waals surface area (Å²) in [4.78, 5) is 16.5. The van der Waals surface area contributed by atoms with Crippen LogP contribution in [0.25, 0.3) is 16.6 Å². The van der Waals surface area contributed by atoms with Gasteiger partial charge >= 0.3 is 6.18 Å². The van der Waals surface area contributed by atoms with Gasteiger partial charge in [0.15, 0.2) is 0 Å². The van der Waals surface area contributed by atoms with Crippen LogP contribution in [-0.2, 0) is 10.8 Å². The summed E-state index contributed by atoms with van der Waals surface area (Å²) in [5.41, 5.74) is -0.582. The highest BCUT2D eigenvalue weighted by atomic mass is 35.5. The highest BCUT2D eigenvalue weighted by Crippen LogP contribution is 2.25. The molecule has 0 aliphatic rings. The van der Waals surface area contributed by atoms with Crippen LogP contribution in [0.15, 0.2) is 46.3 Å². The van der Waals surface area contributed by atoms with Crippen LogP contribution < -0.4 is 5.56 Å². The van der Waals surface area contributed by atoms with Gasteiger partial charge in [0.2, 0.25) is 0 Å². The highest BCUT2D eigenvalue weighted by Gasteiger charge is 2.32. The van der Waals surface area contributed by atoms with Crippen LogP contribution in [0.1, 0.15) is 5.56 Å². The fraction of sp³-hybridized carbons (Fsp3) is 0.176. The molecule has 0 aliphatic heterocycles. The molecule has 1 aromatic heterocycles. The van der Waals surface area contributed by atoms with Crippen LogP contribution in [0.2, 0.25) is 5.02 Å². The van der Waals surface area contributed by atoms with Gasteiger partial charge in [0.05, 0.1) is 27.4 Å². The molecule has 0 fully saturated rings. The number of hydrogen-bond acceptors (Lipinski definition) is 3. The zero-order valence-electron chi connectivity index (χ0n) is 13.7. The molecule has 0 radical (unpaired) electrons. The fourth-order valence-electron chi connectivity index (χ4n) is 2.56. The number of fused-ring (bicyclic) bond motifs is 1. The minimum absolute atomic E-state index is 0.0867. The monoisotopic (exact) mass is 418 g/mol. The molecule has 3 aromatic rings. The Morgan fingerprint density at radius 1 is 1.22 bits per heavy atom. The van der Waals surface area contributed by atoms with Crippen molar-refractivity contribution in [3.05, 3.63) is 63.4 Å². The first-order valence-corrected chi connectivity index (χ1v) is 9.19. The summed E-state index contributed by atoms with van der Waals surface area (Å²) >= 11 is 5.87. The van der Waals surface area contributed by atoms with Gasteiger partial charge in [-0.3, -0.25) is 13.6 Å². The molecule has 0 bridgehead atoms. The quantitative estimate of drug-likeness (QED) is 0.600. The summed E-state index contributed by atoms with van der Waals surface area (Å²) in [6.45, 7) is 1.34. The Kier molecular flexibility index (Phi) is 5.09. The zero-order valence-corrected chi connectivity index (χ0v) is 15.3. The van der Waals surface area contributed by atoms with Crippen molar-refractivity contribution in [3.63, 3.8) is 0 Å². The van der Waals surface area contributed by atoms with E-state index in [2.05, 4.69) is 4.98 Å². The van der Waals surface area contributed by atoms with Gasteiger partial charge in [-0.15, -0.1) is 0 Å². The normalized spacial score (nSPS) is 13.1. The summed E-state index contributed by atoms with van der Waals surface area (Å²) < 4.78 is 65.0. The number of nitrogens with zero attached hydrogens (tertiary/aromatic N) is 2. The summed E-state index contributed by atoms with van der Waals surface area (Å²) in [5.74, 6) is -2.43. The van der Waals surface area contributed by atoms with E-state index < -0.39 is 34.1 Å². The second kappa shape index (κ2) is 7.05. The number of halogens is 5. The minimum Gasteiger partial charge on any atom is -0.268 e. The first kappa shape index (κ1) is 19.5. The van der Waals surface area contributed by atoms with Gasteiger partial charge in [0.25, 0.3) is 5.56 Å². The Morgan fingerprint density at radius 2 is 1.93 bits per heavy atom. The second-order valence-corrected chi connectivity index (χ2v) is 7.61. The van der Waals surface area contributed by atoms with Crippen LogP contribution in [0.4, 0.5) is 17.6 Å². The summed E-state index contributed by atoms with van der Waals surface area (Å²) in [6.07, 6.45) is -3.59. The number of rotatable bonds is 3. The molecule has 0 N–H and O–H groups in total. The maximum Gasteiger partial charge on any atom is 0.400 e. The van der Waals surface area contributed by atoms with E-state index in [9.17, 15) is 26.6 Å². The van der Waals surface area contributed by atoms with Crippen molar-refractivity contribution in [3.8, 4) is 5.69 Å². The number of hydrogen-bond donors (Lipinski definition) is 0. The lowest BCUT2D eigenvalue weighted by atomic mass is 10.2. The molecular formula is C17H11ClF4N2O2S. The topological polar surface area (TPSA) is 52.0 Å². The maximum absolute atomic E-state index is 14.4. The molecule has 4 nitrogen and oxygen atoms in total. The van der Waals surface area contributed by atoms with Crippen molar-refractivity contribution >= 4 is 33.3 Å². The van der Waals surface area contributed by atoms with Crippen molar-refractivity contribution in [1.82, 2.24) is 9.55 Å². The van der Waals surface area contributed by atoms with E-state index in [-0.39, 0.29) is 26.6 Å². The molecule has 1 atom stereocenters. The summed E-state index contributed by atoms with van der Waals surface area (Å²) in [6, 6.07) is 6.32. The molecule has 0 saturated heterocycles. The molecule has 27 heavy (non-hydrogen) atoms. The van der Waals surface area contributed by atoms with Gasteiger partial charge in [-0.1, -0.05) is 11.6 Å². The van der Waals surface area contributed by atoms with Crippen molar-refractivity contribution in [2.45, 2.75) is 18.0 Å². The average Bonchev–Trinajstić information content (AvgIpc) is 2.55. The van der Waals surface area contributed by atoms with E-state index in [4.69, 9.17) is 11.6 Å². The second-order valence-electron chi connectivity index (χ2n) is 5.76. The van der Waals surface area contributed by atoms with Gasteiger partial charge in [-0.2, -0.15) is 13.2 Å². The molecule has 1 unspecified atom stereocenters. The molecule has 2 aromatic carbocycles. The van der Waals surface area contributed by atoms with Crippen molar-refractivity contribution in [2.75, 3.05) is 5.75 Å². The predicted molar refractivity (Wildman–Crippen MR) is 94.4 cm³/mol. The standard InChI is InChI=1S/C17H11ClF4N2O2S/c1-9-4-12(19)14(6-15(9)27(26)7-17(20,21)22)24-8-23-13-3-2-10(18)5-11(13)16(24)25/h2-6,8H,7H2,1H3. The predicted octanol–water partition coefficient (Wildman–Crippen LogP) is 4.16. The van der Waals surface area contributed by atoms with E-state index in [1.165, 1.54) is 25.1 Å². The van der Waals surface area contributed by atoms with Crippen LogP contribution in [0.5, 0.6) is 0 Å². The Labute approximate surface area is 157 Å². The Balaban J connectivity index is 2.19. The fourth-order valence-corrected chi connectivity index (χ4v) is 3.85. The Bertz CT molecular complexity index is 1130. The smallest absolute Gasteiger partial charge is 0.268 e. The van der Waals surface area contributed by atoms with Gasteiger partial charge in [-0.05, 0) is 42.8 Å². The van der Waals surface area contributed by atoms with Gasteiger partial charge < -0.3 is 0 Å². The van der Waals surface area contributed by atoms with E-state index in [1.807, 2.05) is 0 Å². The molecule has 0 aliphatic carbocycles. The maximum atomic E-state index is 14.4. The van der Waals surface area contributed by atoms with E-state index >= 15 is 0 Å². The van der Waals surface area contributed by atoms with E-state index in [1.54, 1.807) is 0 Å².